The second-order valence-corrected chi connectivity index (χ2v) is 7.06. The molecule has 2 aromatic heterocycles. The molecule has 2 aromatic rings. The molecule has 0 spiro atoms. The van der Waals surface area contributed by atoms with Crippen LogP contribution in [0.15, 0.2) is 54.9 Å². The van der Waals surface area contributed by atoms with Crippen molar-refractivity contribution < 1.29 is 0 Å². The first kappa shape index (κ1) is 16.3. The second kappa shape index (κ2) is 7.79. The van der Waals surface area contributed by atoms with Crippen LogP contribution in [-0.4, -0.2) is 47.6 Å². The Balaban J connectivity index is 1.27. The van der Waals surface area contributed by atoms with E-state index in [-0.39, 0.29) is 0 Å². The van der Waals surface area contributed by atoms with Crippen molar-refractivity contribution in [2.45, 2.75) is 19.3 Å². The summed E-state index contributed by atoms with van der Waals surface area (Å²) in [5, 5.41) is 0. The minimum atomic E-state index is 0.786. The molecule has 2 aliphatic rings. The zero-order valence-electron chi connectivity index (χ0n) is 14.7. The van der Waals surface area contributed by atoms with E-state index in [0.29, 0.717) is 0 Å². The molecule has 3 heterocycles. The average molecular weight is 334 g/mol. The number of hydrogen-bond donors (Lipinski definition) is 0. The fourth-order valence-electron chi connectivity index (χ4n) is 3.91. The number of anilines is 1. The van der Waals surface area contributed by atoms with E-state index in [1.54, 1.807) is 0 Å². The van der Waals surface area contributed by atoms with Gasteiger partial charge in [-0.3, -0.25) is 9.88 Å². The summed E-state index contributed by atoms with van der Waals surface area (Å²) < 4.78 is 0. The van der Waals surface area contributed by atoms with Gasteiger partial charge in [-0.15, -0.1) is 0 Å². The number of pyridine rings is 2. The standard InChI is InChI=1S/C21H26N4/c1-3-11-22-20(5-1)19-9-7-18(8-10-19)17-24-13-15-25(16-14-24)21-6-2-4-12-23-21/h1-6,9,11-12,18H,7-8,10,13-17H2. The third-order valence-corrected chi connectivity index (χ3v) is 5.38. The molecule has 4 rings (SSSR count). The minimum Gasteiger partial charge on any atom is -0.354 e. The lowest BCUT2D eigenvalue weighted by atomic mass is 9.87. The summed E-state index contributed by atoms with van der Waals surface area (Å²) in [6, 6.07) is 12.4. The molecule has 4 nitrogen and oxygen atoms in total. The molecule has 0 amide bonds. The van der Waals surface area contributed by atoms with Crippen molar-refractivity contribution in [3.8, 4) is 0 Å². The van der Waals surface area contributed by atoms with Crippen LogP contribution < -0.4 is 4.90 Å². The Morgan fingerprint density at radius 1 is 0.920 bits per heavy atom. The smallest absolute Gasteiger partial charge is 0.128 e. The van der Waals surface area contributed by atoms with Crippen LogP contribution in [0.4, 0.5) is 5.82 Å². The first-order valence-corrected chi connectivity index (χ1v) is 9.37. The quantitative estimate of drug-likeness (QED) is 0.857. The molecule has 1 aliphatic heterocycles. The lowest BCUT2D eigenvalue weighted by molar-refractivity contribution is 0.212. The van der Waals surface area contributed by atoms with Crippen LogP contribution in [0.1, 0.15) is 25.0 Å². The summed E-state index contributed by atoms with van der Waals surface area (Å²) in [5.41, 5.74) is 2.58. The monoisotopic (exact) mass is 334 g/mol. The highest BCUT2D eigenvalue weighted by Crippen LogP contribution is 2.29. The Bertz CT molecular complexity index is 690. The Labute approximate surface area is 150 Å². The van der Waals surface area contributed by atoms with E-state index in [0.717, 1.165) is 50.0 Å². The maximum Gasteiger partial charge on any atom is 0.128 e. The summed E-state index contributed by atoms with van der Waals surface area (Å²) in [7, 11) is 0. The van der Waals surface area contributed by atoms with Gasteiger partial charge in [0.1, 0.15) is 5.82 Å². The molecule has 1 fully saturated rings. The fraction of sp³-hybridized carbons (Fsp3) is 0.429. The molecule has 0 saturated carbocycles. The molecular formula is C21H26N4. The van der Waals surface area contributed by atoms with E-state index < -0.39 is 0 Å². The second-order valence-electron chi connectivity index (χ2n) is 7.06. The van der Waals surface area contributed by atoms with Gasteiger partial charge in [-0.1, -0.05) is 18.2 Å². The molecule has 0 aromatic carbocycles. The molecule has 0 bridgehead atoms. The molecule has 25 heavy (non-hydrogen) atoms. The highest BCUT2D eigenvalue weighted by molar-refractivity contribution is 5.63. The highest BCUT2D eigenvalue weighted by atomic mass is 15.3. The van der Waals surface area contributed by atoms with Crippen LogP contribution in [0.2, 0.25) is 0 Å². The Hall–Kier alpha value is -2.20. The van der Waals surface area contributed by atoms with Crippen LogP contribution in [-0.2, 0) is 0 Å². The number of aromatic nitrogens is 2. The Morgan fingerprint density at radius 2 is 1.72 bits per heavy atom. The number of hydrogen-bond acceptors (Lipinski definition) is 4. The molecule has 1 atom stereocenters. The zero-order valence-corrected chi connectivity index (χ0v) is 14.7. The average Bonchev–Trinajstić information content (AvgIpc) is 2.71. The number of piperazine rings is 1. The third-order valence-electron chi connectivity index (χ3n) is 5.38. The van der Waals surface area contributed by atoms with Crippen LogP contribution in [0, 0.1) is 5.92 Å². The molecule has 4 heteroatoms. The van der Waals surface area contributed by atoms with Gasteiger partial charge in [0.05, 0.1) is 5.69 Å². The van der Waals surface area contributed by atoms with E-state index in [2.05, 4.69) is 50.1 Å². The predicted octanol–water partition coefficient (Wildman–Crippen LogP) is 3.48. The zero-order chi connectivity index (χ0) is 16.9. The lowest BCUT2D eigenvalue weighted by Gasteiger charge is -2.37. The maximum absolute atomic E-state index is 4.49. The Morgan fingerprint density at radius 3 is 2.36 bits per heavy atom. The molecule has 0 N–H and O–H groups in total. The van der Waals surface area contributed by atoms with Gasteiger partial charge >= 0.3 is 0 Å². The minimum absolute atomic E-state index is 0.786. The van der Waals surface area contributed by atoms with E-state index in [1.165, 1.54) is 25.0 Å². The number of allylic oxidation sites excluding steroid dienone is 2. The van der Waals surface area contributed by atoms with Gasteiger partial charge in [0.2, 0.25) is 0 Å². The fourth-order valence-corrected chi connectivity index (χ4v) is 3.91. The largest absolute Gasteiger partial charge is 0.354 e. The molecular weight excluding hydrogens is 308 g/mol. The molecule has 0 radical (unpaired) electrons. The van der Waals surface area contributed by atoms with E-state index in [9.17, 15) is 0 Å². The van der Waals surface area contributed by atoms with Gasteiger partial charge in [0, 0.05) is 45.1 Å². The van der Waals surface area contributed by atoms with Gasteiger partial charge in [0.15, 0.2) is 0 Å². The first-order valence-electron chi connectivity index (χ1n) is 9.37. The molecule has 1 unspecified atom stereocenters. The molecule has 130 valence electrons. The van der Waals surface area contributed by atoms with Crippen molar-refractivity contribution in [2.75, 3.05) is 37.6 Å². The lowest BCUT2D eigenvalue weighted by Crippen LogP contribution is -2.48. The van der Waals surface area contributed by atoms with Gasteiger partial charge in [-0.2, -0.15) is 0 Å². The third kappa shape index (κ3) is 4.07. The SMILES string of the molecule is C1=C(c2ccccn2)CCC(CN2CCN(c3ccccn3)CC2)C1. The van der Waals surface area contributed by atoms with E-state index in [4.69, 9.17) is 0 Å². The van der Waals surface area contributed by atoms with Gasteiger partial charge < -0.3 is 4.90 Å². The number of rotatable bonds is 4. The predicted molar refractivity (Wildman–Crippen MR) is 102 cm³/mol. The van der Waals surface area contributed by atoms with Crippen molar-refractivity contribution in [2.24, 2.45) is 5.92 Å². The van der Waals surface area contributed by atoms with Crippen LogP contribution in [0.3, 0.4) is 0 Å². The van der Waals surface area contributed by atoms with Gasteiger partial charge in [0.25, 0.3) is 0 Å². The first-order chi connectivity index (χ1) is 12.4. The normalized spacial score (nSPS) is 21.8. The van der Waals surface area contributed by atoms with Crippen LogP contribution in [0.25, 0.3) is 5.57 Å². The van der Waals surface area contributed by atoms with Crippen molar-refractivity contribution in [3.05, 3.63) is 60.6 Å². The van der Waals surface area contributed by atoms with Crippen molar-refractivity contribution in [1.29, 1.82) is 0 Å². The van der Waals surface area contributed by atoms with Crippen LogP contribution >= 0.6 is 0 Å². The summed E-state index contributed by atoms with van der Waals surface area (Å²) in [4.78, 5) is 14.0. The summed E-state index contributed by atoms with van der Waals surface area (Å²) in [6.07, 6.45) is 9.82. The van der Waals surface area contributed by atoms with Crippen molar-refractivity contribution in [1.82, 2.24) is 14.9 Å². The van der Waals surface area contributed by atoms with Crippen LogP contribution in [0.5, 0.6) is 0 Å². The highest BCUT2D eigenvalue weighted by Gasteiger charge is 2.22. The van der Waals surface area contributed by atoms with Gasteiger partial charge in [-0.05, 0) is 55.0 Å². The molecule has 1 saturated heterocycles. The Kier molecular flexibility index (Phi) is 5.07. The van der Waals surface area contributed by atoms with E-state index >= 15 is 0 Å². The summed E-state index contributed by atoms with van der Waals surface area (Å²) in [6.45, 7) is 5.67. The maximum atomic E-state index is 4.49. The topological polar surface area (TPSA) is 32.3 Å². The van der Waals surface area contributed by atoms with Crippen molar-refractivity contribution >= 4 is 11.4 Å². The van der Waals surface area contributed by atoms with E-state index in [1.807, 2.05) is 24.5 Å². The summed E-state index contributed by atoms with van der Waals surface area (Å²) in [5.74, 6) is 1.90. The van der Waals surface area contributed by atoms with Crippen molar-refractivity contribution in [3.63, 3.8) is 0 Å². The molecule has 1 aliphatic carbocycles. The number of nitrogens with zero attached hydrogens (tertiary/aromatic N) is 4. The summed E-state index contributed by atoms with van der Waals surface area (Å²) >= 11 is 0. The van der Waals surface area contributed by atoms with Gasteiger partial charge in [-0.25, -0.2) is 4.98 Å².